The molecule has 0 saturated heterocycles. The summed E-state index contributed by atoms with van der Waals surface area (Å²) in [6.07, 6.45) is 0. The van der Waals surface area contributed by atoms with Crippen LogP contribution >= 0.6 is 11.6 Å². The van der Waals surface area contributed by atoms with Crippen molar-refractivity contribution in [2.75, 3.05) is 18.4 Å². The van der Waals surface area contributed by atoms with Gasteiger partial charge in [0.2, 0.25) is 0 Å². The van der Waals surface area contributed by atoms with Crippen molar-refractivity contribution in [3.8, 4) is 0 Å². The Bertz CT molecular complexity index is 304. The maximum atomic E-state index is 13.0. The summed E-state index contributed by atoms with van der Waals surface area (Å²) in [7, 11) is 0. The van der Waals surface area contributed by atoms with Crippen molar-refractivity contribution >= 4 is 17.3 Å². The van der Waals surface area contributed by atoms with E-state index in [4.69, 9.17) is 17.3 Å². The van der Waals surface area contributed by atoms with E-state index < -0.39 is 5.82 Å². The Kier molecular flexibility index (Phi) is 4.17. The van der Waals surface area contributed by atoms with Crippen LogP contribution in [0, 0.1) is 11.7 Å². The number of nitrogens with one attached hydrogen (secondary N) is 1. The zero-order valence-electron chi connectivity index (χ0n) is 8.06. The third kappa shape index (κ3) is 3.16. The van der Waals surface area contributed by atoms with Gasteiger partial charge in [-0.3, -0.25) is 0 Å². The van der Waals surface area contributed by atoms with Crippen LogP contribution in [0.25, 0.3) is 0 Å². The van der Waals surface area contributed by atoms with Crippen LogP contribution in [0.5, 0.6) is 0 Å². The van der Waals surface area contributed by atoms with Gasteiger partial charge in [0.05, 0.1) is 5.02 Å². The quantitative estimate of drug-likeness (QED) is 0.812. The number of halogens is 2. The third-order valence-electron chi connectivity index (χ3n) is 1.98. The highest BCUT2D eigenvalue weighted by Gasteiger charge is 2.02. The molecular formula is C10H14ClFN2. The highest BCUT2D eigenvalue weighted by atomic mass is 35.5. The largest absolute Gasteiger partial charge is 0.385 e. The zero-order chi connectivity index (χ0) is 10.6. The second-order valence-corrected chi connectivity index (χ2v) is 3.76. The lowest BCUT2D eigenvalue weighted by molar-refractivity contribution is 0.621. The van der Waals surface area contributed by atoms with Gasteiger partial charge in [-0.05, 0) is 30.7 Å². The Morgan fingerprint density at radius 1 is 1.57 bits per heavy atom. The first kappa shape index (κ1) is 11.3. The summed E-state index contributed by atoms with van der Waals surface area (Å²) >= 11 is 5.55. The van der Waals surface area contributed by atoms with Gasteiger partial charge in [-0.15, -0.1) is 0 Å². The number of anilines is 1. The predicted molar refractivity (Wildman–Crippen MR) is 58.1 cm³/mol. The normalized spacial score (nSPS) is 12.6. The minimum atomic E-state index is -0.405. The first-order valence-electron chi connectivity index (χ1n) is 4.52. The average Bonchev–Trinajstić information content (AvgIpc) is 2.19. The molecule has 0 heterocycles. The number of hydrogen-bond acceptors (Lipinski definition) is 2. The maximum absolute atomic E-state index is 13.0. The second-order valence-electron chi connectivity index (χ2n) is 3.35. The first-order chi connectivity index (χ1) is 6.63. The van der Waals surface area contributed by atoms with Crippen molar-refractivity contribution in [1.29, 1.82) is 0 Å². The van der Waals surface area contributed by atoms with Crippen LogP contribution in [0.4, 0.5) is 10.1 Å². The molecule has 0 aromatic heterocycles. The number of hydrogen-bond donors (Lipinski definition) is 2. The Balaban J connectivity index is 2.55. The smallest absolute Gasteiger partial charge is 0.143 e. The van der Waals surface area contributed by atoms with E-state index in [0.29, 0.717) is 12.5 Å². The minimum absolute atomic E-state index is 0.141. The fraction of sp³-hybridized carbons (Fsp3) is 0.400. The van der Waals surface area contributed by atoms with Crippen molar-refractivity contribution in [2.45, 2.75) is 6.92 Å². The van der Waals surface area contributed by atoms with Gasteiger partial charge in [-0.25, -0.2) is 4.39 Å². The summed E-state index contributed by atoms with van der Waals surface area (Å²) in [5.41, 5.74) is 6.18. The SMILES string of the molecule is CC(CN)CNc1ccc(Cl)c(F)c1. The van der Waals surface area contributed by atoms with E-state index in [1.807, 2.05) is 6.92 Å². The molecule has 0 aliphatic heterocycles. The average molecular weight is 217 g/mol. The summed E-state index contributed by atoms with van der Waals surface area (Å²) < 4.78 is 13.0. The highest BCUT2D eigenvalue weighted by molar-refractivity contribution is 6.30. The van der Waals surface area contributed by atoms with Crippen molar-refractivity contribution < 1.29 is 4.39 Å². The number of rotatable bonds is 4. The summed E-state index contributed by atoms with van der Waals surface area (Å²) in [5.74, 6) is -0.0363. The van der Waals surface area contributed by atoms with E-state index in [2.05, 4.69) is 5.32 Å². The zero-order valence-corrected chi connectivity index (χ0v) is 8.81. The Labute approximate surface area is 88.2 Å². The second kappa shape index (κ2) is 5.17. The number of nitrogens with two attached hydrogens (primary N) is 1. The fourth-order valence-corrected chi connectivity index (χ4v) is 1.10. The molecule has 78 valence electrons. The van der Waals surface area contributed by atoms with E-state index >= 15 is 0 Å². The Hall–Kier alpha value is -0.800. The Morgan fingerprint density at radius 3 is 2.86 bits per heavy atom. The molecule has 1 atom stereocenters. The van der Waals surface area contributed by atoms with Gasteiger partial charge in [0, 0.05) is 12.2 Å². The topological polar surface area (TPSA) is 38.0 Å². The van der Waals surface area contributed by atoms with E-state index in [0.717, 1.165) is 12.2 Å². The van der Waals surface area contributed by atoms with Gasteiger partial charge in [-0.2, -0.15) is 0 Å². The molecule has 0 bridgehead atoms. The maximum Gasteiger partial charge on any atom is 0.143 e. The van der Waals surface area contributed by atoms with E-state index in [1.54, 1.807) is 6.07 Å². The lowest BCUT2D eigenvalue weighted by Crippen LogP contribution is -2.19. The van der Waals surface area contributed by atoms with E-state index in [-0.39, 0.29) is 5.02 Å². The molecule has 1 aromatic rings. The van der Waals surface area contributed by atoms with Gasteiger partial charge < -0.3 is 11.1 Å². The molecule has 3 N–H and O–H groups in total. The fourth-order valence-electron chi connectivity index (χ4n) is 0.982. The molecule has 4 heteroatoms. The van der Waals surface area contributed by atoms with Crippen LogP contribution in [-0.4, -0.2) is 13.1 Å². The lowest BCUT2D eigenvalue weighted by Gasteiger charge is -2.11. The molecule has 2 nitrogen and oxygen atoms in total. The van der Waals surface area contributed by atoms with Gasteiger partial charge in [0.25, 0.3) is 0 Å². The van der Waals surface area contributed by atoms with Crippen LogP contribution < -0.4 is 11.1 Å². The molecule has 0 aliphatic rings. The summed E-state index contributed by atoms with van der Waals surface area (Å²) in [5, 5.41) is 3.23. The molecule has 0 amide bonds. The molecule has 0 spiro atoms. The molecule has 0 fully saturated rings. The Morgan fingerprint density at radius 2 is 2.29 bits per heavy atom. The van der Waals surface area contributed by atoms with Crippen molar-refractivity contribution in [3.63, 3.8) is 0 Å². The molecular weight excluding hydrogens is 203 g/mol. The van der Waals surface area contributed by atoms with Crippen LogP contribution in [0.1, 0.15) is 6.92 Å². The van der Waals surface area contributed by atoms with Crippen LogP contribution in [0.3, 0.4) is 0 Å². The molecule has 0 saturated carbocycles. The highest BCUT2D eigenvalue weighted by Crippen LogP contribution is 2.18. The molecule has 14 heavy (non-hydrogen) atoms. The molecule has 1 rings (SSSR count). The van der Waals surface area contributed by atoms with E-state index in [1.165, 1.54) is 12.1 Å². The van der Waals surface area contributed by atoms with Crippen LogP contribution in [-0.2, 0) is 0 Å². The van der Waals surface area contributed by atoms with Gasteiger partial charge >= 0.3 is 0 Å². The molecule has 0 aliphatic carbocycles. The monoisotopic (exact) mass is 216 g/mol. The van der Waals surface area contributed by atoms with Crippen molar-refractivity contribution in [3.05, 3.63) is 29.0 Å². The summed E-state index contributed by atoms with van der Waals surface area (Å²) in [4.78, 5) is 0. The van der Waals surface area contributed by atoms with Crippen molar-refractivity contribution in [2.24, 2.45) is 11.7 Å². The molecule has 1 aromatic carbocycles. The predicted octanol–water partition coefficient (Wildman–Crippen LogP) is 2.49. The van der Waals surface area contributed by atoms with Gasteiger partial charge in [-0.1, -0.05) is 18.5 Å². The lowest BCUT2D eigenvalue weighted by atomic mass is 10.2. The molecule has 0 radical (unpaired) electrons. The minimum Gasteiger partial charge on any atom is -0.385 e. The first-order valence-corrected chi connectivity index (χ1v) is 4.90. The summed E-state index contributed by atoms with van der Waals surface area (Å²) in [6.45, 7) is 3.37. The molecule has 1 unspecified atom stereocenters. The summed E-state index contributed by atoms with van der Waals surface area (Å²) in [6, 6.07) is 4.66. The number of benzene rings is 1. The van der Waals surface area contributed by atoms with Gasteiger partial charge in [0.1, 0.15) is 5.82 Å². The van der Waals surface area contributed by atoms with E-state index in [9.17, 15) is 4.39 Å². The van der Waals surface area contributed by atoms with Crippen molar-refractivity contribution in [1.82, 2.24) is 0 Å². The van der Waals surface area contributed by atoms with Crippen LogP contribution in [0.2, 0.25) is 5.02 Å². The third-order valence-corrected chi connectivity index (χ3v) is 2.28. The van der Waals surface area contributed by atoms with Crippen LogP contribution in [0.15, 0.2) is 18.2 Å². The van der Waals surface area contributed by atoms with Gasteiger partial charge in [0.15, 0.2) is 0 Å². The standard InChI is InChI=1S/C10H14ClFN2/c1-7(5-13)6-14-8-2-3-9(11)10(12)4-8/h2-4,7,14H,5-6,13H2,1H3.